The molecule has 0 saturated carbocycles. The van der Waals surface area contributed by atoms with E-state index in [1.807, 2.05) is 0 Å². The van der Waals surface area contributed by atoms with E-state index in [1.54, 1.807) is 49.0 Å². The molecule has 4 heteroatoms. The lowest BCUT2D eigenvalue weighted by Crippen LogP contribution is -2.31. The molecule has 0 fully saturated rings. The number of hydrogen-bond acceptors (Lipinski definition) is 0. The van der Waals surface area contributed by atoms with E-state index < -0.39 is 11.7 Å². The number of hydrogen-bond donors (Lipinski definition) is 0. The predicted octanol–water partition coefficient (Wildman–Crippen LogP) is 3.51. The summed E-state index contributed by atoms with van der Waals surface area (Å²) in [5.74, 6) is 0. The molecule has 2 aromatic rings. The van der Waals surface area contributed by atoms with Crippen LogP contribution in [0.15, 0.2) is 42.6 Å². The molecule has 0 aliphatic rings. The van der Waals surface area contributed by atoms with Gasteiger partial charge < -0.3 is 0 Å². The van der Waals surface area contributed by atoms with E-state index in [0.717, 1.165) is 6.07 Å². The van der Waals surface area contributed by atoms with Gasteiger partial charge in [0.25, 0.3) is 0 Å². The van der Waals surface area contributed by atoms with Crippen LogP contribution in [0.5, 0.6) is 0 Å². The molecule has 0 saturated heterocycles. The highest BCUT2D eigenvalue weighted by Gasteiger charge is 2.36. The zero-order valence-corrected chi connectivity index (χ0v) is 10.1. The van der Waals surface area contributed by atoms with Gasteiger partial charge in [0.05, 0.1) is 11.1 Å². The number of aryl methyl sites for hydroxylation is 2. The van der Waals surface area contributed by atoms with Crippen molar-refractivity contribution in [2.45, 2.75) is 13.1 Å². The van der Waals surface area contributed by atoms with E-state index in [0.29, 0.717) is 11.3 Å². The van der Waals surface area contributed by atoms with Gasteiger partial charge in [-0.2, -0.15) is 13.2 Å². The Kier molecular flexibility index (Phi) is 3.11. The molecule has 1 aromatic carbocycles. The number of halogens is 3. The van der Waals surface area contributed by atoms with Gasteiger partial charge in [-0.25, -0.2) is 4.57 Å². The zero-order chi connectivity index (χ0) is 13.3. The predicted molar refractivity (Wildman–Crippen MR) is 62.8 cm³/mol. The largest absolute Gasteiger partial charge is 0.417 e. The molecule has 0 spiro atoms. The lowest BCUT2D eigenvalue weighted by Gasteiger charge is -2.13. The first kappa shape index (κ1) is 12.6. The monoisotopic (exact) mass is 252 g/mol. The average Bonchev–Trinajstić information content (AvgIpc) is 2.29. The summed E-state index contributed by atoms with van der Waals surface area (Å²) in [5.41, 5.74) is 0.826. The Morgan fingerprint density at radius 3 is 2.33 bits per heavy atom. The second-order valence-electron chi connectivity index (χ2n) is 4.19. The second-order valence-corrected chi connectivity index (χ2v) is 4.19. The third kappa shape index (κ3) is 2.23. The number of nitrogens with zero attached hydrogens (tertiary/aromatic N) is 1. The van der Waals surface area contributed by atoms with Crippen LogP contribution in [-0.4, -0.2) is 0 Å². The van der Waals surface area contributed by atoms with Crippen molar-refractivity contribution < 1.29 is 17.7 Å². The Bertz CT molecular complexity index is 573. The third-order valence-electron chi connectivity index (χ3n) is 2.89. The Hall–Kier alpha value is -1.84. The van der Waals surface area contributed by atoms with E-state index in [1.165, 1.54) is 6.07 Å². The van der Waals surface area contributed by atoms with Crippen LogP contribution in [0.4, 0.5) is 13.2 Å². The van der Waals surface area contributed by atoms with Gasteiger partial charge >= 0.3 is 6.18 Å². The lowest BCUT2D eigenvalue weighted by molar-refractivity contribution is -0.660. The maximum absolute atomic E-state index is 13.0. The van der Waals surface area contributed by atoms with Crippen molar-refractivity contribution in [2.75, 3.05) is 0 Å². The molecule has 0 radical (unpaired) electrons. The maximum atomic E-state index is 13.0. The quantitative estimate of drug-likeness (QED) is 0.684. The van der Waals surface area contributed by atoms with Crippen LogP contribution in [0.1, 0.15) is 11.1 Å². The molecule has 94 valence electrons. The molecule has 0 unspecified atom stereocenters. The first-order valence-electron chi connectivity index (χ1n) is 5.53. The summed E-state index contributed by atoms with van der Waals surface area (Å²) in [6.07, 6.45) is -2.61. The van der Waals surface area contributed by atoms with E-state index in [2.05, 4.69) is 0 Å². The molecule has 0 atom stereocenters. The standard InChI is InChI=1S/C14H13F3N/c1-10-6-5-7-11(14(15,16)17)13(10)12-8-3-4-9-18(12)2/h3-9H,1-2H3/q+1. The smallest absolute Gasteiger partial charge is 0.201 e. The Labute approximate surface area is 104 Å². The maximum Gasteiger partial charge on any atom is 0.417 e. The Morgan fingerprint density at radius 1 is 1.00 bits per heavy atom. The van der Waals surface area contributed by atoms with Crippen LogP contribution in [0, 0.1) is 6.92 Å². The lowest BCUT2D eigenvalue weighted by atomic mass is 9.98. The van der Waals surface area contributed by atoms with Gasteiger partial charge in [-0.1, -0.05) is 12.1 Å². The molecular formula is C14H13F3N+. The fourth-order valence-electron chi connectivity index (χ4n) is 2.03. The molecule has 1 heterocycles. The van der Waals surface area contributed by atoms with Crippen molar-refractivity contribution in [3.05, 3.63) is 53.7 Å². The molecule has 0 N–H and O–H groups in total. The van der Waals surface area contributed by atoms with Crippen LogP contribution in [0.25, 0.3) is 11.3 Å². The second kappa shape index (κ2) is 4.44. The fourth-order valence-corrected chi connectivity index (χ4v) is 2.03. The summed E-state index contributed by atoms with van der Waals surface area (Å²) in [5, 5.41) is 0. The third-order valence-corrected chi connectivity index (χ3v) is 2.89. The van der Waals surface area contributed by atoms with Gasteiger partial charge in [0.1, 0.15) is 7.05 Å². The van der Waals surface area contributed by atoms with Crippen molar-refractivity contribution in [2.24, 2.45) is 7.05 Å². The van der Waals surface area contributed by atoms with E-state index in [-0.39, 0.29) is 5.56 Å². The molecule has 0 aliphatic heterocycles. The molecular weight excluding hydrogens is 239 g/mol. The molecule has 0 amide bonds. The number of aromatic nitrogens is 1. The molecule has 18 heavy (non-hydrogen) atoms. The highest BCUT2D eigenvalue weighted by molar-refractivity contribution is 5.66. The zero-order valence-electron chi connectivity index (χ0n) is 10.1. The SMILES string of the molecule is Cc1cccc(C(F)(F)F)c1-c1cccc[n+]1C. The minimum atomic E-state index is -4.34. The first-order valence-corrected chi connectivity index (χ1v) is 5.53. The van der Waals surface area contributed by atoms with Gasteiger partial charge in [-0.3, -0.25) is 0 Å². The molecule has 1 nitrogen and oxygen atoms in total. The minimum absolute atomic E-state index is 0.244. The summed E-state index contributed by atoms with van der Waals surface area (Å²) in [6, 6.07) is 9.46. The van der Waals surface area contributed by atoms with Crippen molar-refractivity contribution in [1.82, 2.24) is 0 Å². The average molecular weight is 252 g/mol. The van der Waals surface area contributed by atoms with Gasteiger partial charge in [0.2, 0.25) is 5.69 Å². The van der Waals surface area contributed by atoms with Gasteiger partial charge in [-0.15, -0.1) is 0 Å². The van der Waals surface area contributed by atoms with Crippen LogP contribution in [0.3, 0.4) is 0 Å². The van der Waals surface area contributed by atoms with Crippen molar-refractivity contribution in [3.8, 4) is 11.3 Å². The van der Waals surface area contributed by atoms with Crippen LogP contribution in [0.2, 0.25) is 0 Å². The highest BCUT2D eigenvalue weighted by Crippen LogP contribution is 2.37. The number of rotatable bonds is 1. The molecule has 2 rings (SSSR count). The summed E-state index contributed by atoms with van der Waals surface area (Å²) in [6.45, 7) is 1.69. The van der Waals surface area contributed by atoms with Crippen molar-refractivity contribution in [1.29, 1.82) is 0 Å². The van der Waals surface area contributed by atoms with Gasteiger partial charge in [0, 0.05) is 12.1 Å². The van der Waals surface area contributed by atoms with Crippen molar-refractivity contribution >= 4 is 0 Å². The summed E-state index contributed by atoms with van der Waals surface area (Å²) in [7, 11) is 1.74. The van der Waals surface area contributed by atoms with E-state index in [4.69, 9.17) is 0 Å². The van der Waals surface area contributed by atoms with Gasteiger partial charge in [0.15, 0.2) is 6.20 Å². The minimum Gasteiger partial charge on any atom is -0.201 e. The summed E-state index contributed by atoms with van der Waals surface area (Å²) < 4.78 is 40.8. The topological polar surface area (TPSA) is 3.88 Å². The summed E-state index contributed by atoms with van der Waals surface area (Å²) >= 11 is 0. The molecule has 1 aromatic heterocycles. The summed E-state index contributed by atoms with van der Waals surface area (Å²) in [4.78, 5) is 0. The number of alkyl halides is 3. The highest BCUT2D eigenvalue weighted by atomic mass is 19.4. The van der Waals surface area contributed by atoms with Crippen LogP contribution in [-0.2, 0) is 13.2 Å². The Morgan fingerprint density at radius 2 is 1.72 bits per heavy atom. The number of benzene rings is 1. The number of pyridine rings is 1. The van der Waals surface area contributed by atoms with Crippen LogP contribution < -0.4 is 4.57 Å². The van der Waals surface area contributed by atoms with E-state index >= 15 is 0 Å². The Balaban J connectivity index is 2.75. The van der Waals surface area contributed by atoms with Gasteiger partial charge in [-0.05, 0) is 24.6 Å². The molecule has 0 bridgehead atoms. The fraction of sp³-hybridized carbons (Fsp3) is 0.214. The van der Waals surface area contributed by atoms with E-state index in [9.17, 15) is 13.2 Å². The molecule has 0 aliphatic carbocycles. The first-order chi connectivity index (χ1) is 8.41. The van der Waals surface area contributed by atoms with Crippen molar-refractivity contribution in [3.63, 3.8) is 0 Å². The van der Waals surface area contributed by atoms with Crippen LogP contribution >= 0.6 is 0 Å². The normalized spacial score (nSPS) is 11.6.